The van der Waals surface area contributed by atoms with Gasteiger partial charge < -0.3 is 20.1 Å². The van der Waals surface area contributed by atoms with Crippen LogP contribution in [-0.2, 0) is 16.1 Å². The van der Waals surface area contributed by atoms with Gasteiger partial charge in [-0.2, -0.15) is 0 Å². The predicted molar refractivity (Wildman–Crippen MR) is 137 cm³/mol. The van der Waals surface area contributed by atoms with E-state index in [1.165, 1.54) is 6.92 Å². The third-order valence-electron chi connectivity index (χ3n) is 5.19. The Morgan fingerprint density at radius 3 is 2.03 bits per heavy atom. The van der Waals surface area contributed by atoms with E-state index in [0.717, 1.165) is 17.9 Å². The molecule has 0 bridgehead atoms. The summed E-state index contributed by atoms with van der Waals surface area (Å²) in [6.45, 7) is 13.9. The summed E-state index contributed by atoms with van der Waals surface area (Å²) in [4.78, 5) is 26.4. The number of carbonyl (C=O) groups is 2. The first-order chi connectivity index (χ1) is 16.1. The summed E-state index contributed by atoms with van der Waals surface area (Å²) in [5, 5.41) is 5.71. The largest absolute Gasteiger partial charge is 0.493 e. The topological polar surface area (TPSA) is 79.9 Å². The number of ether oxygens (including phenoxy) is 2. The molecule has 0 heterocycles. The number of carbonyl (C=O) groups excluding carboxylic acids is 2. The van der Waals surface area contributed by atoms with Crippen molar-refractivity contribution >= 4 is 23.2 Å². The fourth-order valence-corrected chi connectivity index (χ4v) is 3.50. The highest BCUT2D eigenvalue weighted by Gasteiger charge is 2.23. The molecule has 0 aliphatic carbocycles. The van der Waals surface area contributed by atoms with Gasteiger partial charge in [0.2, 0.25) is 11.8 Å². The van der Waals surface area contributed by atoms with Crippen molar-refractivity contribution in [2.24, 2.45) is 11.8 Å². The van der Waals surface area contributed by atoms with Gasteiger partial charge in [0.1, 0.15) is 0 Å². The van der Waals surface area contributed by atoms with Gasteiger partial charge in [0.15, 0.2) is 11.5 Å². The zero-order chi connectivity index (χ0) is 25.3. The lowest BCUT2D eigenvalue weighted by molar-refractivity contribution is -0.121. The van der Waals surface area contributed by atoms with Crippen molar-refractivity contribution in [3.05, 3.63) is 48.0 Å². The first kappa shape index (κ1) is 27.2. The predicted octanol–water partition coefficient (Wildman–Crippen LogP) is 5.17. The molecule has 0 aromatic heterocycles. The van der Waals surface area contributed by atoms with Crippen LogP contribution in [0.25, 0.3) is 0 Å². The van der Waals surface area contributed by atoms with E-state index in [0.29, 0.717) is 42.1 Å². The van der Waals surface area contributed by atoms with Crippen LogP contribution in [0.1, 0.15) is 47.1 Å². The molecule has 7 nitrogen and oxygen atoms in total. The van der Waals surface area contributed by atoms with Gasteiger partial charge in [-0.25, -0.2) is 0 Å². The van der Waals surface area contributed by atoms with E-state index in [9.17, 15) is 9.59 Å². The first-order valence-electron chi connectivity index (χ1n) is 11.8. The molecule has 0 spiro atoms. The molecule has 0 radical (unpaired) electrons. The number of benzene rings is 2. The van der Waals surface area contributed by atoms with Crippen LogP contribution in [0, 0.1) is 11.8 Å². The number of methoxy groups -OCH3 is 1. The quantitative estimate of drug-likeness (QED) is 0.448. The summed E-state index contributed by atoms with van der Waals surface area (Å²) in [6.07, 6.45) is 0. The molecular weight excluding hydrogens is 430 g/mol. The maximum atomic E-state index is 13.1. The van der Waals surface area contributed by atoms with Crippen LogP contribution in [0.3, 0.4) is 0 Å². The van der Waals surface area contributed by atoms with Crippen molar-refractivity contribution < 1.29 is 19.1 Å². The highest BCUT2D eigenvalue weighted by molar-refractivity contribution is 5.95. The summed E-state index contributed by atoms with van der Waals surface area (Å²) in [5.74, 6) is 2.00. The fraction of sp³-hybridized carbons (Fsp3) is 0.481. The maximum absolute atomic E-state index is 13.1. The van der Waals surface area contributed by atoms with Gasteiger partial charge in [0.25, 0.3) is 0 Å². The molecule has 0 aliphatic heterocycles. The minimum Gasteiger partial charge on any atom is -0.493 e. The van der Waals surface area contributed by atoms with Crippen molar-refractivity contribution in [3.63, 3.8) is 0 Å². The molecule has 0 aliphatic rings. The van der Waals surface area contributed by atoms with Gasteiger partial charge in [-0.05, 0) is 60.7 Å². The standard InChI is InChI=1S/C27H39N3O4/c1-18(2)15-30(16-22-8-13-25(33-7)26(14-22)34-17-19(3)4)20(5)27(32)29-24-11-9-23(10-12-24)28-21(6)31/h8-14,18-20H,15-17H2,1-7H3,(H,28,31)(H,29,32). The van der Waals surface area contributed by atoms with Gasteiger partial charge in [-0.15, -0.1) is 0 Å². The molecule has 2 rings (SSSR count). The summed E-state index contributed by atoms with van der Waals surface area (Å²) in [5.41, 5.74) is 2.43. The number of hydrogen-bond donors (Lipinski definition) is 2. The number of nitrogens with one attached hydrogen (secondary N) is 2. The Balaban J connectivity index is 2.14. The third kappa shape index (κ3) is 8.71. The van der Waals surface area contributed by atoms with Crippen LogP contribution in [0.2, 0.25) is 0 Å². The lowest BCUT2D eigenvalue weighted by atomic mass is 10.1. The molecule has 0 fully saturated rings. The molecular formula is C27H39N3O4. The summed E-state index contributed by atoms with van der Waals surface area (Å²) in [6, 6.07) is 12.7. The molecule has 2 N–H and O–H groups in total. The lowest BCUT2D eigenvalue weighted by Gasteiger charge is -2.30. The van der Waals surface area contributed by atoms with E-state index in [1.54, 1.807) is 31.4 Å². The van der Waals surface area contributed by atoms with E-state index in [4.69, 9.17) is 9.47 Å². The van der Waals surface area contributed by atoms with Crippen LogP contribution >= 0.6 is 0 Å². The molecule has 2 amide bonds. The van der Waals surface area contributed by atoms with Crippen LogP contribution in [0.4, 0.5) is 11.4 Å². The number of amides is 2. The smallest absolute Gasteiger partial charge is 0.241 e. The molecule has 186 valence electrons. The Morgan fingerprint density at radius 1 is 0.882 bits per heavy atom. The molecule has 34 heavy (non-hydrogen) atoms. The number of rotatable bonds is 12. The average molecular weight is 470 g/mol. The maximum Gasteiger partial charge on any atom is 0.241 e. The molecule has 2 aromatic carbocycles. The number of nitrogens with zero attached hydrogens (tertiary/aromatic N) is 1. The van der Waals surface area contributed by atoms with Gasteiger partial charge >= 0.3 is 0 Å². The Labute approximate surface area is 203 Å². The van der Waals surface area contributed by atoms with Crippen LogP contribution in [0.15, 0.2) is 42.5 Å². The van der Waals surface area contributed by atoms with Gasteiger partial charge in [0.05, 0.1) is 19.8 Å². The van der Waals surface area contributed by atoms with E-state index in [1.807, 2.05) is 25.1 Å². The van der Waals surface area contributed by atoms with Gasteiger partial charge in [-0.3, -0.25) is 14.5 Å². The van der Waals surface area contributed by atoms with E-state index in [2.05, 4.69) is 43.2 Å². The summed E-state index contributed by atoms with van der Waals surface area (Å²) >= 11 is 0. The zero-order valence-electron chi connectivity index (χ0n) is 21.5. The van der Waals surface area contributed by atoms with Crippen molar-refractivity contribution in [1.82, 2.24) is 4.90 Å². The second-order valence-corrected chi connectivity index (χ2v) is 9.44. The fourth-order valence-electron chi connectivity index (χ4n) is 3.50. The molecule has 0 saturated heterocycles. The molecule has 7 heteroatoms. The highest BCUT2D eigenvalue weighted by Crippen LogP contribution is 2.29. The Kier molecular flexibility index (Phi) is 10.4. The number of anilines is 2. The number of hydrogen-bond acceptors (Lipinski definition) is 5. The van der Waals surface area contributed by atoms with E-state index < -0.39 is 0 Å². The van der Waals surface area contributed by atoms with Crippen molar-refractivity contribution in [2.75, 3.05) is 30.9 Å². The minimum absolute atomic E-state index is 0.0854. The first-order valence-corrected chi connectivity index (χ1v) is 11.8. The second-order valence-electron chi connectivity index (χ2n) is 9.44. The highest BCUT2D eigenvalue weighted by atomic mass is 16.5. The summed E-state index contributed by atoms with van der Waals surface area (Å²) < 4.78 is 11.4. The Bertz CT molecular complexity index is 941. The van der Waals surface area contributed by atoms with Crippen LogP contribution < -0.4 is 20.1 Å². The van der Waals surface area contributed by atoms with Gasteiger partial charge in [0, 0.05) is 31.4 Å². The summed E-state index contributed by atoms with van der Waals surface area (Å²) in [7, 11) is 1.64. The van der Waals surface area contributed by atoms with Crippen LogP contribution in [0.5, 0.6) is 11.5 Å². The Morgan fingerprint density at radius 2 is 1.50 bits per heavy atom. The minimum atomic E-state index is -0.348. The van der Waals surface area contributed by atoms with E-state index >= 15 is 0 Å². The van der Waals surface area contributed by atoms with Crippen molar-refractivity contribution in [1.29, 1.82) is 0 Å². The second kappa shape index (κ2) is 13.0. The average Bonchev–Trinajstić information content (AvgIpc) is 2.77. The van der Waals surface area contributed by atoms with E-state index in [-0.39, 0.29) is 17.9 Å². The molecule has 1 atom stereocenters. The molecule has 2 aromatic rings. The van der Waals surface area contributed by atoms with Crippen molar-refractivity contribution in [2.45, 2.75) is 54.1 Å². The SMILES string of the molecule is COc1ccc(CN(CC(C)C)C(C)C(=O)Nc2ccc(NC(C)=O)cc2)cc1OCC(C)C. The Hall–Kier alpha value is -3.06. The zero-order valence-corrected chi connectivity index (χ0v) is 21.5. The lowest BCUT2D eigenvalue weighted by Crippen LogP contribution is -2.43. The van der Waals surface area contributed by atoms with Crippen molar-refractivity contribution in [3.8, 4) is 11.5 Å². The van der Waals surface area contributed by atoms with Crippen LogP contribution in [-0.4, -0.2) is 43.0 Å². The molecule has 1 unspecified atom stereocenters. The molecule has 0 saturated carbocycles. The normalized spacial score (nSPS) is 12.1. The monoisotopic (exact) mass is 469 g/mol. The van der Waals surface area contributed by atoms with Gasteiger partial charge in [-0.1, -0.05) is 33.8 Å². The third-order valence-corrected chi connectivity index (χ3v) is 5.19.